The molecule has 2 aromatic carbocycles. The van der Waals surface area contributed by atoms with E-state index in [0.29, 0.717) is 28.8 Å². The molecule has 3 rings (SSSR count). The van der Waals surface area contributed by atoms with Gasteiger partial charge in [0.15, 0.2) is 0 Å². The van der Waals surface area contributed by atoms with Gasteiger partial charge in [-0.15, -0.1) is 0 Å². The first-order valence-corrected chi connectivity index (χ1v) is 8.94. The molecule has 1 amide bonds. The molecule has 0 aliphatic carbocycles. The molecule has 28 heavy (non-hydrogen) atoms. The smallest absolute Gasteiger partial charge is 0.270 e. The summed E-state index contributed by atoms with van der Waals surface area (Å²) in [5.74, 6) is 1.10. The second kappa shape index (κ2) is 9.10. The minimum atomic E-state index is -0.247. The Hall–Kier alpha value is -3.25. The predicted octanol–water partition coefficient (Wildman–Crippen LogP) is 4.43. The van der Waals surface area contributed by atoms with Crippen molar-refractivity contribution >= 4 is 28.9 Å². The van der Waals surface area contributed by atoms with Crippen LogP contribution in [0.5, 0.6) is 11.5 Å². The summed E-state index contributed by atoms with van der Waals surface area (Å²) in [7, 11) is 3.19. The van der Waals surface area contributed by atoms with Gasteiger partial charge in [0.2, 0.25) is 0 Å². The van der Waals surface area contributed by atoms with Gasteiger partial charge in [-0.25, -0.2) is 4.98 Å². The second-order valence-electron chi connectivity index (χ2n) is 5.93. The summed E-state index contributed by atoms with van der Waals surface area (Å²) in [6.07, 6.45) is 1.60. The minimum absolute atomic E-state index is 0.247. The van der Waals surface area contributed by atoms with E-state index < -0.39 is 0 Å². The number of aromatic nitrogens is 1. The van der Waals surface area contributed by atoms with Crippen molar-refractivity contribution in [3.8, 4) is 11.5 Å². The summed E-state index contributed by atoms with van der Waals surface area (Å²) in [5.41, 5.74) is 2.80. The van der Waals surface area contributed by atoms with Gasteiger partial charge in [0, 0.05) is 17.6 Å². The van der Waals surface area contributed by atoms with Gasteiger partial charge in [-0.2, -0.15) is 0 Å². The van der Waals surface area contributed by atoms with Crippen LogP contribution >= 0.6 is 11.6 Å². The molecule has 1 heterocycles. The highest BCUT2D eigenvalue weighted by molar-refractivity contribution is 6.30. The van der Waals surface area contributed by atoms with Crippen molar-refractivity contribution < 1.29 is 14.3 Å². The lowest BCUT2D eigenvalue weighted by atomic mass is 10.2. The average Bonchev–Trinajstić information content (AvgIpc) is 2.74. The molecule has 0 radical (unpaired) electrons. The van der Waals surface area contributed by atoms with E-state index >= 15 is 0 Å². The van der Waals surface area contributed by atoms with Crippen molar-refractivity contribution in [1.29, 1.82) is 0 Å². The minimum Gasteiger partial charge on any atom is -0.497 e. The van der Waals surface area contributed by atoms with E-state index in [-0.39, 0.29) is 5.91 Å². The number of benzene rings is 2. The zero-order valence-electron chi connectivity index (χ0n) is 15.5. The Balaban J connectivity index is 1.63. The molecule has 144 valence electrons. The Morgan fingerprint density at radius 2 is 1.82 bits per heavy atom. The van der Waals surface area contributed by atoms with Gasteiger partial charge < -0.3 is 20.1 Å². The topological polar surface area (TPSA) is 72.5 Å². The number of rotatable bonds is 7. The standard InChI is InChI=1S/C21H20ClN3O3/c1-27-17-8-10-18(20(11-17)28-2)25-16-7-9-19(23-13-16)21(26)24-12-14-3-5-15(22)6-4-14/h3-11,13,25H,12H2,1-2H3,(H,24,26). The number of anilines is 2. The summed E-state index contributed by atoms with van der Waals surface area (Å²) < 4.78 is 10.6. The van der Waals surface area contributed by atoms with Crippen LogP contribution in [0.2, 0.25) is 5.02 Å². The van der Waals surface area contributed by atoms with Crippen LogP contribution in [0.1, 0.15) is 16.1 Å². The highest BCUT2D eigenvalue weighted by Crippen LogP contribution is 2.31. The molecule has 0 unspecified atom stereocenters. The van der Waals surface area contributed by atoms with Gasteiger partial charge in [-0.1, -0.05) is 23.7 Å². The normalized spacial score (nSPS) is 10.2. The van der Waals surface area contributed by atoms with Crippen LogP contribution in [-0.2, 0) is 6.54 Å². The Morgan fingerprint density at radius 1 is 1.04 bits per heavy atom. The zero-order valence-corrected chi connectivity index (χ0v) is 16.3. The highest BCUT2D eigenvalue weighted by Gasteiger charge is 2.09. The molecule has 0 atom stereocenters. The number of pyridine rings is 1. The number of halogens is 1. The molecule has 0 fully saturated rings. The van der Waals surface area contributed by atoms with Crippen molar-refractivity contribution in [3.63, 3.8) is 0 Å². The van der Waals surface area contributed by atoms with Crippen molar-refractivity contribution in [2.45, 2.75) is 6.54 Å². The van der Waals surface area contributed by atoms with Crippen molar-refractivity contribution in [1.82, 2.24) is 10.3 Å². The third-order valence-corrected chi connectivity index (χ3v) is 4.30. The molecule has 0 saturated heterocycles. The van der Waals surface area contributed by atoms with Crippen molar-refractivity contribution in [3.05, 3.63) is 77.1 Å². The number of ether oxygens (including phenoxy) is 2. The summed E-state index contributed by atoms with van der Waals surface area (Å²) in [6.45, 7) is 0.404. The van der Waals surface area contributed by atoms with Crippen molar-refractivity contribution in [2.75, 3.05) is 19.5 Å². The van der Waals surface area contributed by atoms with Gasteiger partial charge in [0.1, 0.15) is 17.2 Å². The number of methoxy groups -OCH3 is 2. The first-order chi connectivity index (χ1) is 13.6. The molecule has 0 spiro atoms. The average molecular weight is 398 g/mol. The molecular formula is C21H20ClN3O3. The third-order valence-electron chi connectivity index (χ3n) is 4.05. The Morgan fingerprint density at radius 3 is 2.46 bits per heavy atom. The highest BCUT2D eigenvalue weighted by atomic mass is 35.5. The number of amides is 1. The summed E-state index contributed by atoms with van der Waals surface area (Å²) in [5, 5.41) is 6.71. The van der Waals surface area contributed by atoms with E-state index in [1.54, 1.807) is 50.7 Å². The quantitative estimate of drug-likeness (QED) is 0.617. The van der Waals surface area contributed by atoms with Gasteiger partial charge >= 0.3 is 0 Å². The summed E-state index contributed by atoms with van der Waals surface area (Å²) >= 11 is 5.86. The molecule has 2 N–H and O–H groups in total. The van der Waals surface area contributed by atoms with Crippen LogP contribution in [-0.4, -0.2) is 25.1 Å². The first kappa shape index (κ1) is 19.5. The van der Waals surface area contributed by atoms with Crippen LogP contribution in [0, 0.1) is 0 Å². The number of hydrogen-bond acceptors (Lipinski definition) is 5. The maximum absolute atomic E-state index is 12.3. The lowest BCUT2D eigenvalue weighted by Gasteiger charge is -2.12. The number of nitrogens with one attached hydrogen (secondary N) is 2. The largest absolute Gasteiger partial charge is 0.497 e. The molecule has 0 aliphatic heterocycles. The van der Waals surface area contributed by atoms with Crippen LogP contribution in [0.25, 0.3) is 0 Å². The lowest BCUT2D eigenvalue weighted by Crippen LogP contribution is -2.23. The van der Waals surface area contributed by atoms with Gasteiger partial charge in [0.05, 0.1) is 31.8 Å². The molecule has 3 aromatic rings. The summed E-state index contributed by atoms with van der Waals surface area (Å²) in [4.78, 5) is 16.5. The molecular weight excluding hydrogens is 378 g/mol. The SMILES string of the molecule is COc1ccc(Nc2ccc(C(=O)NCc3ccc(Cl)cc3)nc2)c(OC)c1. The Bertz CT molecular complexity index is 944. The molecule has 1 aromatic heterocycles. The van der Waals surface area contributed by atoms with Gasteiger partial charge in [0.25, 0.3) is 5.91 Å². The fourth-order valence-corrected chi connectivity index (χ4v) is 2.66. The Labute approximate surface area is 168 Å². The van der Waals surface area contributed by atoms with E-state index in [0.717, 1.165) is 16.9 Å². The second-order valence-corrected chi connectivity index (χ2v) is 6.37. The lowest BCUT2D eigenvalue weighted by molar-refractivity contribution is 0.0946. The van der Waals surface area contributed by atoms with E-state index in [1.807, 2.05) is 24.3 Å². The molecule has 0 aliphatic rings. The number of hydrogen-bond donors (Lipinski definition) is 2. The molecule has 7 heteroatoms. The third kappa shape index (κ3) is 4.92. The monoisotopic (exact) mass is 397 g/mol. The Kier molecular flexibility index (Phi) is 6.34. The predicted molar refractivity (Wildman–Crippen MR) is 110 cm³/mol. The van der Waals surface area contributed by atoms with Crippen LogP contribution in [0.4, 0.5) is 11.4 Å². The fraction of sp³-hybridized carbons (Fsp3) is 0.143. The molecule has 6 nitrogen and oxygen atoms in total. The maximum atomic E-state index is 12.3. The van der Waals surface area contributed by atoms with E-state index in [2.05, 4.69) is 15.6 Å². The van der Waals surface area contributed by atoms with E-state index in [4.69, 9.17) is 21.1 Å². The van der Waals surface area contributed by atoms with Crippen molar-refractivity contribution in [2.24, 2.45) is 0 Å². The summed E-state index contributed by atoms with van der Waals surface area (Å²) in [6, 6.07) is 16.2. The first-order valence-electron chi connectivity index (χ1n) is 8.57. The number of carbonyl (C=O) groups is 1. The van der Waals surface area contributed by atoms with E-state index in [9.17, 15) is 4.79 Å². The maximum Gasteiger partial charge on any atom is 0.270 e. The molecule has 0 saturated carbocycles. The number of nitrogens with zero attached hydrogens (tertiary/aromatic N) is 1. The molecule has 0 bridgehead atoms. The van der Waals surface area contributed by atoms with Gasteiger partial charge in [-0.05, 0) is 42.0 Å². The van der Waals surface area contributed by atoms with Crippen LogP contribution < -0.4 is 20.1 Å². The van der Waals surface area contributed by atoms with Crippen LogP contribution in [0.15, 0.2) is 60.8 Å². The zero-order chi connectivity index (χ0) is 19.9. The fourth-order valence-electron chi connectivity index (χ4n) is 2.53. The van der Waals surface area contributed by atoms with Gasteiger partial charge in [-0.3, -0.25) is 4.79 Å². The van der Waals surface area contributed by atoms with E-state index in [1.165, 1.54) is 0 Å². The number of carbonyl (C=O) groups excluding carboxylic acids is 1. The van der Waals surface area contributed by atoms with Crippen LogP contribution in [0.3, 0.4) is 0 Å².